The van der Waals surface area contributed by atoms with Crippen molar-refractivity contribution in [2.24, 2.45) is 0 Å². The molecule has 1 saturated heterocycles. The predicted octanol–water partition coefficient (Wildman–Crippen LogP) is 1.43. The minimum atomic E-state index is -0.0927. The molecule has 0 saturated carbocycles. The lowest BCUT2D eigenvalue weighted by Crippen LogP contribution is -2.41. The van der Waals surface area contributed by atoms with Gasteiger partial charge >= 0.3 is 0 Å². The minimum absolute atomic E-state index is 0.0927. The van der Waals surface area contributed by atoms with Crippen molar-refractivity contribution in [3.05, 3.63) is 41.2 Å². The summed E-state index contributed by atoms with van der Waals surface area (Å²) >= 11 is 0. The molecular weight excluding hydrogens is 238 g/mol. The van der Waals surface area contributed by atoms with Crippen molar-refractivity contribution in [2.45, 2.75) is 31.6 Å². The number of nitrogens with zero attached hydrogens (tertiary/aromatic N) is 3. The van der Waals surface area contributed by atoms with E-state index in [9.17, 15) is 0 Å². The van der Waals surface area contributed by atoms with E-state index in [1.165, 1.54) is 11.1 Å². The molecule has 1 aromatic carbocycles. The number of piperidine rings is 1. The first-order valence-electron chi connectivity index (χ1n) is 6.89. The van der Waals surface area contributed by atoms with Gasteiger partial charge in [-0.3, -0.25) is 0 Å². The monoisotopic (exact) mass is 257 g/mol. The molecule has 0 spiro atoms. The molecule has 1 aliphatic rings. The van der Waals surface area contributed by atoms with Gasteiger partial charge in [0, 0.05) is 0 Å². The van der Waals surface area contributed by atoms with E-state index in [-0.39, 0.29) is 5.41 Å². The van der Waals surface area contributed by atoms with Crippen LogP contribution in [0.25, 0.3) is 0 Å². The highest BCUT2D eigenvalue weighted by atomic mass is 15.5. The fourth-order valence-corrected chi connectivity index (χ4v) is 2.92. The number of hydrogen-bond donors (Lipinski definition) is 2. The van der Waals surface area contributed by atoms with Crippen LogP contribution in [0.1, 0.15) is 36.7 Å². The zero-order valence-corrected chi connectivity index (χ0v) is 11.2. The van der Waals surface area contributed by atoms with Crippen molar-refractivity contribution in [3.63, 3.8) is 0 Å². The molecule has 0 bridgehead atoms. The summed E-state index contributed by atoms with van der Waals surface area (Å²) in [5.74, 6) is 0.818. The van der Waals surface area contributed by atoms with Crippen molar-refractivity contribution in [1.29, 1.82) is 0 Å². The van der Waals surface area contributed by atoms with Crippen LogP contribution < -0.4 is 5.32 Å². The molecule has 0 radical (unpaired) electrons. The third kappa shape index (κ3) is 2.14. The van der Waals surface area contributed by atoms with Gasteiger partial charge in [0.15, 0.2) is 5.82 Å². The van der Waals surface area contributed by atoms with Gasteiger partial charge in [0.1, 0.15) is 0 Å². The van der Waals surface area contributed by atoms with Gasteiger partial charge in [-0.05, 0) is 43.5 Å². The maximum atomic E-state index is 4.26. The maximum Gasteiger partial charge on any atom is 0.185 e. The van der Waals surface area contributed by atoms with Crippen LogP contribution in [0.4, 0.5) is 0 Å². The lowest BCUT2D eigenvalue weighted by molar-refractivity contribution is 0.346. The number of aromatic nitrogens is 4. The summed E-state index contributed by atoms with van der Waals surface area (Å²) in [5.41, 5.74) is 2.57. The molecule has 0 atom stereocenters. The van der Waals surface area contributed by atoms with E-state index < -0.39 is 0 Å². The first-order chi connectivity index (χ1) is 9.35. The van der Waals surface area contributed by atoms with Gasteiger partial charge < -0.3 is 5.32 Å². The minimum Gasteiger partial charge on any atom is -0.317 e. The smallest absolute Gasteiger partial charge is 0.185 e. The second kappa shape index (κ2) is 5.09. The Kier molecular flexibility index (Phi) is 3.29. The Morgan fingerprint density at radius 1 is 1.16 bits per heavy atom. The third-order valence-corrected chi connectivity index (χ3v) is 4.15. The molecule has 1 fully saturated rings. The van der Waals surface area contributed by atoms with Gasteiger partial charge in [-0.1, -0.05) is 36.4 Å². The number of aromatic amines is 1. The van der Waals surface area contributed by atoms with Crippen LogP contribution in [0.3, 0.4) is 0 Å². The molecule has 3 rings (SSSR count). The van der Waals surface area contributed by atoms with Crippen LogP contribution >= 0.6 is 0 Å². The molecule has 0 amide bonds. The van der Waals surface area contributed by atoms with Gasteiger partial charge in [0.05, 0.1) is 5.41 Å². The fraction of sp³-hybridized carbons (Fsp3) is 0.500. The fourth-order valence-electron chi connectivity index (χ4n) is 2.92. The number of aryl methyl sites for hydroxylation is 1. The van der Waals surface area contributed by atoms with Crippen molar-refractivity contribution < 1.29 is 0 Å². The van der Waals surface area contributed by atoms with Gasteiger partial charge in [-0.15, -0.1) is 10.2 Å². The standard InChI is InChI=1S/C14H19N5/c1-2-11-3-5-12(6-4-11)14(7-9-15-10-8-14)13-16-18-19-17-13/h3-6,15H,2,7-10H2,1H3,(H,16,17,18,19). The average Bonchev–Trinajstić information content (AvgIpc) is 3.03. The van der Waals surface area contributed by atoms with E-state index in [1.54, 1.807) is 0 Å². The zero-order chi connectivity index (χ0) is 13.1. The van der Waals surface area contributed by atoms with Gasteiger partial charge in [0.25, 0.3) is 0 Å². The van der Waals surface area contributed by atoms with E-state index in [4.69, 9.17) is 0 Å². The summed E-state index contributed by atoms with van der Waals surface area (Å²) in [6.45, 7) is 4.16. The van der Waals surface area contributed by atoms with E-state index in [2.05, 4.69) is 57.1 Å². The number of benzene rings is 1. The van der Waals surface area contributed by atoms with Crippen LogP contribution in [0, 0.1) is 0 Å². The number of rotatable bonds is 3. The molecule has 100 valence electrons. The van der Waals surface area contributed by atoms with Crippen LogP contribution in [0.15, 0.2) is 24.3 Å². The highest BCUT2D eigenvalue weighted by molar-refractivity contribution is 5.35. The molecule has 0 aliphatic carbocycles. The topological polar surface area (TPSA) is 66.5 Å². The van der Waals surface area contributed by atoms with Crippen LogP contribution in [0.5, 0.6) is 0 Å². The Morgan fingerprint density at radius 2 is 1.89 bits per heavy atom. The quantitative estimate of drug-likeness (QED) is 0.873. The molecule has 1 aliphatic heterocycles. The Bertz CT molecular complexity index is 511. The third-order valence-electron chi connectivity index (χ3n) is 4.15. The number of H-pyrrole nitrogens is 1. The van der Waals surface area contributed by atoms with Crippen LogP contribution in [-0.4, -0.2) is 33.7 Å². The average molecular weight is 257 g/mol. The van der Waals surface area contributed by atoms with Crippen LogP contribution in [0.2, 0.25) is 0 Å². The van der Waals surface area contributed by atoms with E-state index >= 15 is 0 Å². The first kappa shape index (κ1) is 12.3. The van der Waals surface area contributed by atoms with Crippen molar-refractivity contribution >= 4 is 0 Å². The van der Waals surface area contributed by atoms with E-state index in [0.717, 1.165) is 38.2 Å². The highest BCUT2D eigenvalue weighted by Crippen LogP contribution is 2.37. The van der Waals surface area contributed by atoms with E-state index in [1.807, 2.05) is 0 Å². The Hall–Kier alpha value is -1.75. The number of tetrazole rings is 1. The first-order valence-corrected chi connectivity index (χ1v) is 6.89. The Labute approximate surface area is 112 Å². The van der Waals surface area contributed by atoms with Crippen molar-refractivity contribution in [1.82, 2.24) is 25.9 Å². The molecular formula is C14H19N5. The van der Waals surface area contributed by atoms with Crippen LogP contribution in [-0.2, 0) is 11.8 Å². The molecule has 2 N–H and O–H groups in total. The number of nitrogens with one attached hydrogen (secondary N) is 2. The summed E-state index contributed by atoms with van der Waals surface area (Å²) in [6.07, 6.45) is 3.09. The Morgan fingerprint density at radius 3 is 2.47 bits per heavy atom. The molecule has 5 heteroatoms. The highest BCUT2D eigenvalue weighted by Gasteiger charge is 2.39. The molecule has 0 unspecified atom stereocenters. The van der Waals surface area contributed by atoms with Gasteiger partial charge in [-0.2, -0.15) is 5.21 Å². The maximum absolute atomic E-state index is 4.26. The lowest BCUT2D eigenvalue weighted by atomic mass is 9.72. The summed E-state index contributed by atoms with van der Waals surface area (Å²) in [4.78, 5) is 0. The predicted molar refractivity (Wildman–Crippen MR) is 72.9 cm³/mol. The SMILES string of the molecule is CCc1ccc(C2(c3nn[nH]n3)CCNCC2)cc1. The van der Waals surface area contributed by atoms with Crippen molar-refractivity contribution in [3.8, 4) is 0 Å². The van der Waals surface area contributed by atoms with Gasteiger partial charge in [0.2, 0.25) is 0 Å². The zero-order valence-electron chi connectivity index (χ0n) is 11.2. The second-order valence-corrected chi connectivity index (χ2v) is 5.12. The molecule has 19 heavy (non-hydrogen) atoms. The largest absolute Gasteiger partial charge is 0.317 e. The van der Waals surface area contributed by atoms with Gasteiger partial charge in [-0.25, -0.2) is 0 Å². The summed E-state index contributed by atoms with van der Waals surface area (Å²) in [7, 11) is 0. The van der Waals surface area contributed by atoms with E-state index in [0.29, 0.717) is 0 Å². The summed E-state index contributed by atoms with van der Waals surface area (Å²) < 4.78 is 0. The second-order valence-electron chi connectivity index (χ2n) is 5.12. The molecule has 5 nitrogen and oxygen atoms in total. The number of hydrogen-bond acceptors (Lipinski definition) is 4. The normalized spacial score (nSPS) is 18.4. The summed E-state index contributed by atoms with van der Waals surface area (Å²) in [6, 6.07) is 8.86. The molecule has 2 heterocycles. The lowest BCUT2D eigenvalue weighted by Gasteiger charge is -2.35. The Balaban J connectivity index is 2.03. The molecule has 2 aromatic rings. The summed E-state index contributed by atoms with van der Waals surface area (Å²) in [5, 5.41) is 18.3. The van der Waals surface area contributed by atoms with Crippen molar-refractivity contribution in [2.75, 3.05) is 13.1 Å². The molecule has 1 aromatic heterocycles.